The predicted molar refractivity (Wildman–Crippen MR) is 94.7 cm³/mol. The molecule has 0 unspecified atom stereocenters. The molecule has 1 nitrogen and oxygen atoms in total. The molecule has 2 saturated carbocycles. The van der Waals surface area contributed by atoms with Crippen molar-refractivity contribution in [3.63, 3.8) is 0 Å². The van der Waals surface area contributed by atoms with Gasteiger partial charge in [0.15, 0.2) is 0 Å². The van der Waals surface area contributed by atoms with Crippen molar-refractivity contribution in [1.29, 1.82) is 5.26 Å². The molecule has 2 aliphatic rings. The minimum absolute atomic E-state index is 0.222. The summed E-state index contributed by atoms with van der Waals surface area (Å²) in [6.07, 6.45) is 20.5. The molecule has 2 heteroatoms. The number of alkyl halides is 1. The molecule has 0 atom stereocenters. The fourth-order valence-electron chi connectivity index (χ4n) is 4.49. The van der Waals surface area contributed by atoms with Gasteiger partial charge in [0.2, 0.25) is 0 Å². The van der Waals surface area contributed by atoms with Gasteiger partial charge in [-0.3, -0.25) is 4.39 Å². The van der Waals surface area contributed by atoms with Crippen molar-refractivity contribution in [2.24, 2.45) is 23.7 Å². The van der Waals surface area contributed by atoms with Crippen molar-refractivity contribution in [2.45, 2.75) is 83.5 Å². The SMILES string of the molecule is N#C[C@H]1CC[C@H](CCC2CCC(CC/C=C/CCF)CC2)CC1. The highest BCUT2D eigenvalue weighted by Gasteiger charge is 2.24. The van der Waals surface area contributed by atoms with Crippen LogP contribution in [-0.2, 0) is 0 Å². The van der Waals surface area contributed by atoms with Crippen LogP contribution in [0.3, 0.4) is 0 Å². The van der Waals surface area contributed by atoms with Crippen LogP contribution in [0.4, 0.5) is 4.39 Å². The molecular formula is C21H34FN. The van der Waals surface area contributed by atoms with E-state index in [4.69, 9.17) is 5.26 Å². The summed E-state index contributed by atoms with van der Waals surface area (Å²) in [5.41, 5.74) is 0. The van der Waals surface area contributed by atoms with Gasteiger partial charge in [-0.05, 0) is 62.7 Å². The fourth-order valence-corrected chi connectivity index (χ4v) is 4.49. The Morgan fingerprint density at radius 3 is 1.74 bits per heavy atom. The summed E-state index contributed by atoms with van der Waals surface area (Å²) in [7, 11) is 0. The number of rotatable bonds is 8. The van der Waals surface area contributed by atoms with Crippen molar-refractivity contribution in [2.75, 3.05) is 6.67 Å². The van der Waals surface area contributed by atoms with Crippen LogP contribution in [0.25, 0.3) is 0 Å². The molecule has 0 amide bonds. The Kier molecular flexibility index (Phi) is 8.72. The number of hydrogen-bond acceptors (Lipinski definition) is 1. The Bertz CT molecular complexity index is 368. The average molecular weight is 320 g/mol. The molecule has 0 aromatic carbocycles. The van der Waals surface area contributed by atoms with E-state index in [0.717, 1.165) is 37.0 Å². The molecule has 0 spiro atoms. The quantitative estimate of drug-likeness (QED) is 0.462. The van der Waals surface area contributed by atoms with Crippen LogP contribution in [0.1, 0.15) is 83.5 Å². The van der Waals surface area contributed by atoms with Gasteiger partial charge in [-0.2, -0.15) is 5.26 Å². The summed E-state index contributed by atoms with van der Waals surface area (Å²) in [5.74, 6) is 3.12. The van der Waals surface area contributed by atoms with Crippen LogP contribution in [0.15, 0.2) is 12.2 Å². The van der Waals surface area contributed by atoms with E-state index >= 15 is 0 Å². The van der Waals surface area contributed by atoms with Gasteiger partial charge in [0, 0.05) is 5.92 Å². The second-order valence-corrected chi connectivity index (χ2v) is 7.84. The summed E-state index contributed by atoms with van der Waals surface area (Å²) in [4.78, 5) is 0. The minimum atomic E-state index is -0.222. The van der Waals surface area contributed by atoms with Crippen molar-refractivity contribution in [3.05, 3.63) is 12.2 Å². The Morgan fingerprint density at radius 2 is 1.22 bits per heavy atom. The van der Waals surface area contributed by atoms with Gasteiger partial charge in [0.1, 0.15) is 0 Å². The first-order valence-electron chi connectivity index (χ1n) is 9.92. The summed E-state index contributed by atoms with van der Waals surface area (Å²) < 4.78 is 12.0. The maximum atomic E-state index is 12.0. The topological polar surface area (TPSA) is 23.8 Å². The summed E-state index contributed by atoms with van der Waals surface area (Å²) in [6, 6.07) is 2.44. The maximum absolute atomic E-state index is 12.0. The molecule has 0 radical (unpaired) electrons. The monoisotopic (exact) mass is 319 g/mol. The van der Waals surface area contributed by atoms with Gasteiger partial charge in [0.05, 0.1) is 12.7 Å². The van der Waals surface area contributed by atoms with Crippen LogP contribution in [0, 0.1) is 35.0 Å². The normalized spacial score (nSPS) is 32.0. The second-order valence-electron chi connectivity index (χ2n) is 7.84. The van der Waals surface area contributed by atoms with Gasteiger partial charge >= 0.3 is 0 Å². The lowest BCUT2D eigenvalue weighted by Crippen LogP contribution is -2.17. The fraction of sp³-hybridized carbons (Fsp3) is 0.857. The van der Waals surface area contributed by atoms with E-state index in [1.54, 1.807) is 0 Å². The Labute approximate surface area is 142 Å². The van der Waals surface area contributed by atoms with Gasteiger partial charge in [-0.25, -0.2) is 0 Å². The first-order valence-corrected chi connectivity index (χ1v) is 9.92. The summed E-state index contributed by atoms with van der Waals surface area (Å²) in [6.45, 7) is -0.222. The highest BCUT2D eigenvalue weighted by atomic mass is 19.1. The summed E-state index contributed by atoms with van der Waals surface area (Å²) >= 11 is 0. The zero-order valence-corrected chi connectivity index (χ0v) is 14.7. The predicted octanol–water partition coefficient (Wildman–Crippen LogP) is 6.60. The van der Waals surface area contributed by atoms with E-state index in [0.29, 0.717) is 12.3 Å². The van der Waals surface area contributed by atoms with Gasteiger partial charge in [-0.1, -0.05) is 50.7 Å². The molecule has 0 bridgehead atoms. The third-order valence-corrected chi connectivity index (χ3v) is 6.16. The molecule has 0 saturated heterocycles. The lowest BCUT2D eigenvalue weighted by atomic mass is 9.75. The molecule has 2 rings (SSSR count). The van der Waals surface area contributed by atoms with Gasteiger partial charge in [-0.15, -0.1) is 0 Å². The molecule has 2 fully saturated rings. The lowest BCUT2D eigenvalue weighted by molar-refractivity contribution is 0.223. The van der Waals surface area contributed by atoms with Crippen LogP contribution in [-0.4, -0.2) is 6.67 Å². The van der Waals surface area contributed by atoms with Crippen LogP contribution in [0.2, 0.25) is 0 Å². The molecule has 0 aliphatic heterocycles. The summed E-state index contributed by atoms with van der Waals surface area (Å²) in [5, 5.41) is 8.97. The third kappa shape index (κ3) is 7.06. The number of nitrogens with zero attached hydrogens (tertiary/aromatic N) is 1. The van der Waals surface area contributed by atoms with E-state index in [9.17, 15) is 4.39 Å². The largest absolute Gasteiger partial charge is 0.251 e. The first kappa shape index (κ1) is 18.5. The zero-order chi connectivity index (χ0) is 16.3. The molecule has 0 N–H and O–H groups in total. The first-order chi connectivity index (χ1) is 11.3. The van der Waals surface area contributed by atoms with E-state index in [1.807, 2.05) is 6.08 Å². The van der Waals surface area contributed by atoms with Crippen LogP contribution < -0.4 is 0 Å². The molecule has 2 aliphatic carbocycles. The number of allylic oxidation sites excluding steroid dienone is 2. The highest BCUT2D eigenvalue weighted by molar-refractivity contribution is 4.87. The smallest absolute Gasteiger partial charge is 0.0928 e. The Hall–Kier alpha value is -0.840. The Balaban J connectivity index is 1.52. The second kappa shape index (κ2) is 10.8. The van der Waals surface area contributed by atoms with Crippen molar-refractivity contribution < 1.29 is 4.39 Å². The molecule has 23 heavy (non-hydrogen) atoms. The number of halogens is 1. The maximum Gasteiger partial charge on any atom is 0.0928 e. The van der Waals surface area contributed by atoms with Gasteiger partial charge < -0.3 is 0 Å². The standard InChI is InChI=1S/C21H34FN/c22-16-4-2-1-3-5-18-6-8-19(9-7-18)10-11-20-12-14-21(17-23)15-13-20/h1-2,18-21H,3-16H2/b2-1+/t18?,19?,20-,21-. The Morgan fingerprint density at radius 1 is 0.739 bits per heavy atom. The van der Waals surface area contributed by atoms with Crippen LogP contribution >= 0.6 is 0 Å². The number of nitriles is 1. The van der Waals surface area contributed by atoms with E-state index in [-0.39, 0.29) is 6.67 Å². The highest BCUT2D eigenvalue weighted by Crippen LogP contribution is 2.37. The van der Waals surface area contributed by atoms with Crippen molar-refractivity contribution in [1.82, 2.24) is 0 Å². The van der Waals surface area contributed by atoms with E-state index in [2.05, 4.69) is 12.1 Å². The molecule has 0 heterocycles. The van der Waals surface area contributed by atoms with Gasteiger partial charge in [0.25, 0.3) is 0 Å². The zero-order valence-electron chi connectivity index (χ0n) is 14.7. The lowest BCUT2D eigenvalue weighted by Gasteiger charge is -2.30. The van der Waals surface area contributed by atoms with Crippen LogP contribution in [0.5, 0.6) is 0 Å². The molecule has 0 aromatic heterocycles. The van der Waals surface area contributed by atoms with E-state index in [1.165, 1.54) is 57.8 Å². The van der Waals surface area contributed by atoms with Crippen molar-refractivity contribution in [3.8, 4) is 6.07 Å². The van der Waals surface area contributed by atoms with Crippen molar-refractivity contribution >= 4 is 0 Å². The minimum Gasteiger partial charge on any atom is -0.251 e. The average Bonchev–Trinajstić information content (AvgIpc) is 2.61. The number of hydrogen-bond donors (Lipinski definition) is 0. The third-order valence-electron chi connectivity index (χ3n) is 6.16. The molecule has 130 valence electrons. The molecular weight excluding hydrogens is 285 g/mol. The molecule has 0 aromatic rings. The van der Waals surface area contributed by atoms with E-state index < -0.39 is 0 Å².